The third-order valence-electron chi connectivity index (χ3n) is 3.21. The number of hydrogen-bond acceptors (Lipinski definition) is 2. The number of aryl methyl sites for hydroxylation is 1. The molecule has 0 atom stereocenters. The van der Waals surface area contributed by atoms with E-state index >= 15 is 0 Å². The van der Waals surface area contributed by atoms with Crippen molar-refractivity contribution in [1.29, 1.82) is 0 Å². The third kappa shape index (κ3) is 4.29. The number of rotatable bonds is 6. The second-order valence-corrected chi connectivity index (χ2v) is 6.87. The maximum atomic E-state index is 5.90. The number of ether oxygens (including phenoxy) is 1. The highest BCUT2D eigenvalue weighted by atomic mass is 79.9. The molecule has 3 heteroatoms. The fourth-order valence-corrected chi connectivity index (χ4v) is 1.99. The molecule has 0 bridgehead atoms. The Bertz CT molecular complexity index is 413. The minimum absolute atomic E-state index is 0.170. The summed E-state index contributed by atoms with van der Waals surface area (Å²) >= 11 is 3.50. The van der Waals surface area contributed by atoms with Gasteiger partial charge in [-0.2, -0.15) is 0 Å². The van der Waals surface area contributed by atoms with Gasteiger partial charge in [0.25, 0.3) is 0 Å². The smallest absolute Gasteiger partial charge is 0.119 e. The van der Waals surface area contributed by atoms with Gasteiger partial charge in [-0.25, -0.2) is 0 Å². The molecular formula is C15H22BrNO. The SMILES string of the molecule is Cc1cc(OCC(C)(C)CNC2CC2)ccc1Br. The summed E-state index contributed by atoms with van der Waals surface area (Å²) in [6.07, 6.45) is 2.67. The minimum Gasteiger partial charge on any atom is -0.493 e. The number of halogens is 1. The van der Waals surface area contributed by atoms with Gasteiger partial charge in [0.15, 0.2) is 0 Å². The zero-order valence-electron chi connectivity index (χ0n) is 11.4. The molecule has 2 rings (SSSR count). The Hall–Kier alpha value is -0.540. The summed E-state index contributed by atoms with van der Waals surface area (Å²) in [5.74, 6) is 0.954. The summed E-state index contributed by atoms with van der Waals surface area (Å²) in [6, 6.07) is 6.90. The quantitative estimate of drug-likeness (QED) is 0.860. The first-order chi connectivity index (χ1) is 8.46. The largest absolute Gasteiger partial charge is 0.493 e. The van der Waals surface area contributed by atoms with Crippen LogP contribution in [0.3, 0.4) is 0 Å². The summed E-state index contributed by atoms with van der Waals surface area (Å²) in [7, 11) is 0. The molecule has 0 aliphatic heterocycles. The number of nitrogens with one attached hydrogen (secondary N) is 1. The molecule has 0 heterocycles. The lowest BCUT2D eigenvalue weighted by Crippen LogP contribution is -2.35. The fraction of sp³-hybridized carbons (Fsp3) is 0.600. The lowest BCUT2D eigenvalue weighted by Gasteiger charge is -2.25. The first-order valence-electron chi connectivity index (χ1n) is 6.59. The Morgan fingerprint density at radius 1 is 1.39 bits per heavy atom. The zero-order chi connectivity index (χ0) is 13.2. The lowest BCUT2D eigenvalue weighted by molar-refractivity contribution is 0.176. The molecule has 0 spiro atoms. The van der Waals surface area contributed by atoms with Crippen LogP contribution in [0.15, 0.2) is 22.7 Å². The van der Waals surface area contributed by atoms with Crippen LogP contribution in [-0.4, -0.2) is 19.2 Å². The van der Waals surface area contributed by atoms with Gasteiger partial charge in [0.1, 0.15) is 5.75 Å². The van der Waals surface area contributed by atoms with Gasteiger partial charge in [-0.1, -0.05) is 29.8 Å². The van der Waals surface area contributed by atoms with Crippen molar-refractivity contribution in [3.8, 4) is 5.75 Å². The van der Waals surface area contributed by atoms with Crippen LogP contribution in [-0.2, 0) is 0 Å². The molecule has 1 aromatic rings. The third-order valence-corrected chi connectivity index (χ3v) is 4.10. The molecule has 1 N–H and O–H groups in total. The zero-order valence-corrected chi connectivity index (χ0v) is 13.0. The fourth-order valence-electron chi connectivity index (χ4n) is 1.74. The van der Waals surface area contributed by atoms with Gasteiger partial charge >= 0.3 is 0 Å². The second-order valence-electron chi connectivity index (χ2n) is 6.02. The van der Waals surface area contributed by atoms with Gasteiger partial charge in [-0.15, -0.1) is 0 Å². The van der Waals surface area contributed by atoms with Crippen LogP contribution in [0.5, 0.6) is 5.75 Å². The maximum absolute atomic E-state index is 5.90. The maximum Gasteiger partial charge on any atom is 0.119 e. The van der Waals surface area contributed by atoms with E-state index < -0.39 is 0 Å². The van der Waals surface area contributed by atoms with E-state index in [-0.39, 0.29) is 5.41 Å². The highest BCUT2D eigenvalue weighted by molar-refractivity contribution is 9.10. The van der Waals surface area contributed by atoms with E-state index in [2.05, 4.69) is 48.1 Å². The Morgan fingerprint density at radius 3 is 2.72 bits per heavy atom. The summed E-state index contributed by atoms with van der Waals surface area (Å²) in [5, 5.41) is 3.57. The standard InChI is InChI=1S/C15H22BrNO/c1-11-8-13(6-7-14(11)16)18-10-15(2,3)9-17-12-4-5-12/h6-8,12,17H,4-5,9-10H2,1-3H3. The van der Waals surface area contributed by atoms with Crippen LogP contribution in [0, 0.1) is 12.3 Å². The van der Waals surface area contributed by atoms with Gasteiger partial charge in [0, 0.05) is 22.5 Å². The van der Waals surface area contributed by atoms with Crippen molar-refractivity contribution < 1.29 is 4.74 Å². The topological polar surface area (TPSA) is 21.3 Å². The van der Waals surface area contributed by atoms with Crippen LogP contribution in [0.2, 0.25) is 0 Å². The molecule has 1 fully saturated rings. The molecule has 1 saturated carbocycles. The summed E-state index contributed by atoms with van der Waals surface area (Å²) < 4.78 is 7.03. The second kappa shape index (κ2) is 5.62. The van der Waals surface area contributed by atoms with Crippen molar-refractivity contribution in [2.24, 2.45) is 5.41 Å². The number of hydrogen-bond donors (Lipinski definition) is 1. The molecule has 100 valence electrons. The lowest BCUT2D eigenvalue weighted by atomic mass is 9.95. The Balaban J connectivity index is 1.82. The average molecular weight is 312 g/mol. The Labute approximate surface area is 118 Å². The molecule has 1 aliphatic carbocycles. The molecule has 0 radical (unpaired) electrons. The highest BCUT2D eigenvalue weighted by Crippen LogP contribution is 2.25. The summed E-state index contributed by atoms with van der Waals surface area (Å²) in [4.78, 5) is 0. The van der Waals surface area contributed by atoms with Gasteiger partial charge in [-0.3, -0.25) is 0 Å². The Morgan fingerprint density at radius 2 is 2.11 bits per heavy atom. The van der Waals surface area contributed by atoms with E-state index in [9.17, 15) is 0 Å². The van der Waals surface area contributed by atoms with E-state index in [0.717, 1.165) is 29.4 Å². The van der Waals surface area contributed by atoms with E-state index in [1.165, 1.54) is 18.4 Å². The monoisotopic (exact) mass is 311 g/mol. The minimum atomic E-state index is 0.170. The van der Waals surface area contributed by atoms with Gasteiger partial charge in [0.05, 0.1) is 6.61 Å². The normalized spacial score (nSPS) is 15.8. The van der Waals surface area contributed by atoms with Crippen molar-refractivity contribution in [3.05, 3.63) is 28.2 Å². The van der Waals surface area contributed by atoms with Crippen molar-refractivity contribution >= 4 is 15.9 Å². The van der Waals surface area contributed by atoms with Crippen LogP contribution in [0.25, 0.3) is 0 Å². The van der Waals surface area contributed by atoms with Crippen LogP contribution in [0.4, 0.5) is 0 Å². The first kappa shape index (κ1) is 13.9. The molecule has 0 amide bonds. The van der Waals surface area contributed by atoms with Crippen molar-refractivity contribution in [1.82, 2.24) is 5.32 Å². The molecule has 0 unspecified atom stereocenters. The van der Waals surface area contributed by atoms with Crippen LogP contribution in [0.1, 0.15) is 32.3 Å². The number of benzene rings is 1. The van der Waals surface area contributed by atoms with Gasteiger partial charge in [0.2, 0.25) is 0 Å². The van der Waals surface area contributed by atoms with Crippen LogP contribution < -0.4 is 10.1 Å². The van der Waals surface area contributed by atoms with Crippen molar-refractivity contribution in [2.45, 2.75) is 39.7 Å². The van der Waals surface area contributed by atoms with E-state index in [0.29, 0.717) is 0 Å². The summed E-state index contributed by atoms with van der Waals surface area (Å²) in [5.41, 5.74) is 1.38. The first-order valence-corrected chi connectivity index (χ1v) is 7.38. The molecule has 1 aliphatic rings. The van der Waals surface area contributed by atoms with Crippen LogP contribution >= 0.6 is 15.9 Å². The molecule has 0 saturated heterocycles. The van der Waals surface area contributed by atoms with Crippen molar-refractivity contribution in [3.63, 3.8) is 0 Å². The van der Waals surface area contributed by atoms with E-state index in [1.807, 2.05) is 12.1 Å². The van der Waals surface area contributed by atoms with Gasteiger partial charge in [-0.05, 0) is 43.5 Å². The Kier molecular flexibility index (Phi) is 4.33. The molecule has 1 aromatic carbocycles. The summed E-state index contributed by atoms with van der Waals surface area (Å²) in [6.45, 7) is 8.33. The highest BCUT2D eigenvalue weighted by Gasteiger charge is 2.25. The molecule has 18 heavy (non-hydrogen) atoms. The molecule has 0 aromatic heterocycles. The van der Waals surface area contributed by atoms with E-state index in [4.69, 9.17) is 4.74 Å². The van der Waals surface area contributed by atoms with Gasteiger partial charge < -0.3 is 10.1 Å². The predicted octanol–water partition coefficient (Wildman–Crippen LogP) is 3.91. The molecular weight excluding hydrogens is 290 g/mol. The average Bonchev–Trinajstić information content (AvgIpc) is 3.12. The van der Waals surface area contributed by atoms with Crippen molar-refractivity contribution in [2.75, 3.05) is 13.2 Å². The predicted molar refractivity (Wildman–Crippen MR) is 79.2 cm³/mol. The van der Waals surface area contributed by atoms with E-state index in [1.54, 1.807) is 0 Å². The molecule has 2 nitrogen and oxygen atoms in total.